The van der Waals surface area contributed by atoms with Gasteiger partial charge in [0.25, 0.3) is 23.8 Å². The molecule has 274 valence electrons. The lowest BCUT2D eigenvalue weighted by molar-refractivity contribution is 0.404. The first kappa shape index (κ1) is 37.6. The minimum Gasteiger partial charge on any atom is -0.201 e. The van der Waals surface area contributed by atoms with E-state index in [9.17, 15) is 49.1 Å². The molecule has 0 aliphatic heterocycles. The predicted octanol–water partition coefficient (Wildman–Crippen LogP) is 9.10. The zero-order valence-corrected chi connectivity index (χ0v) is 28.4. The zero-order chi connectivity index (χ0) is 41.7. The lowest BCUT2D eigenvalue weighted by Gasteiger charge is -2.15. The molecule has 16 heteroatoms. The third-order valence-electron chi connectivity index (χ3n) is 9.28. The Morgan fingerprint density at radius 2 is 0.724 bits per heavy atom. The van der Waals surface area contributed by atoms with E-state index in [1.807, 2.05) is 24.3 Å². The van der Waals surface area contributed by atoms with Crippen molar-refractivity contribution < 1.29 is 35.1 Å². The standard InChI is InChI=1S/C42H10F8N8/c43-35-33(36(44)40(48)57-39(35)47)27(15-55)31-23-10-22-24(9-21(23)25(13-53)29(31)19-5-1-17(11-51)2-6-19)32(28(16-56)34-37(45)41(49)58-42(50)38(34)46)30(26(22)14-54)20-7-3-18(12-52)4-8-20/h1-10H/b31-27-,32-28-. The van der Waals surface area contributed by atoms with E-state index in [1.54, 1.807) is 12.1 Å². The lowest BCUT2D eigenvalue weighted by Crippen LogP contribution is -2.07. The van der Waals surface area contributed by atoms with Crippen molar-refractivity contribution >= 4 is 44.6 Å². The third kappa shape index (κ3) is 5.54. The summed E-state index contributed by atoms with van der Waals surface area (Å²) in [6.45, 7) is 0. The van der Waals surface area contributed by atoms with Crippen LogP contribution in [0.1, 0.15) is 55.6 Å². The van der Waals surface area contributed by atoms with Gasteiger partial charge in [-0.25, -0.2) is 17.6 Å². The molecule has 58 heavy (non-hydrogen) atoms. The molecule has 2 heterocycles. The van der Waals surface area contributed by atoms with E-state index < -0.39 is 80.5 Å². The maximum Gasteiger partial charge on any atom is 0.252 e. The molecule has 0 spiro atoms. The average Bonchev–Trinajstić information content (AvgIpc) is 3.72. The normalized spacial score (nSPS) is 14.4. The number of hydrogen-bond donors (Lipinski definition) is 0. The molecular weight excluding hydrogens is 769 g/mol. The predicted molar refractivity (Wildman–Crippen MR) is 187 cm³/mol. The van der Waals surface area contributed by atoms with Gasteiger partial charge in [-0.05, 0) is 58.7 Å². The van der Waals surface area contributed by atoms with Gasteiger partial charge in [-0.15, -0.1) is 0 Å². The molecule has 0 unspecified atom stereocenters. The fourth-order valence-corrected chi connectivity index (χ4v) is 6.85. The number of halogens is 8. The van der Waals surface area contributed by atoms with E-state index >= 15 is 17.6 Å². The van der Waals surface area contributed by atoms with Gasteiger partial charge in [0.2, 0.25) is 0 Å². The Bertz CT molecular complexity index is 2870. The van der Waals surface area contributed by atoms with Crippen molar-refractivity contribution in [1.29, 1.82) is 31.6 Å². The summed E-state index contributed by atoms with van der Waals surface area (Å²) in [4.78, 5) is 5.08. The van der Waals surface area contributed by atoms with Gasteiger partial charge in [-0.2, -0.15) is 59.1 Å². The first-order valence-electron chi connectivity index (χ1n) is 16.0. The lowest BCUT2D eigenvalue weighted by atomic mass is 9.87. The summed E-state index contributed by atoms with van der Waals surface area (Å²) >= 11 is 0. The number of allylic oxidation sites excluding steroid dienone is 8. The Kier molecular flexibility index (Phi) is 9.19. The monoisotopic (exact) mass is 778 g/mol. The minimum atomic E-state index is -2.12. The van der Waals surface area contributed by atoms with Crippen molar-refractivity contribution in [2.75, 3.05) is 0 Å². The SMILES string of the molecule is N#CC1=C(c2ccc(C#N)cc2)/C(=C(/C#N)c2c(F)c(F)nc(F)c2F)c2cc3c(cc21)/C(=C(\C#N)c1c(F)c(F)nc(F)c1F)C(c1ccc(C#N)cc1)=C3C#N. The smallest absolute Gasteiger partial charge is 0.201 e. The topological polar surface area (TPSA) is 169 Å². The van der Waals surface area contributed by atoms with E-state index in [4.69, 9.17) is 0 Å². The Labute approximate surface area is 320 Å². The number of pyridine rings is 2. The van der Waals surface area contributed by atoms with E-state index in [2.05, 4.69) is 9.97 Å². The second-order valence-corrected chi connectivity index (χ2v) is 12.2. The van der Waals surface area contributed by atoms with Crippen LogP contribution >= 0.6 is 0 Å². The number of nitriles is 6. The number of hydrogen-bond acceptors (Lipinski definition) is 8. The maximum absolute atomic E-state index is 15.4. The summed E-state index contributed by atoms with van der Waals surface area (Å²) in [6.07, 6.45) is 0. The molecule has 0 saturated carbocycles. The number of benzene rings is 3. The second kappa shape index (κ2) is 14.2. The molecule has 0 amide bonds. The van der Waals surface area contributed by atoms with Crippen molar-refractivity contribution in [2.45, 2.75) is 0 Å². The van der Waals surface area contributed by atoms with Crippen molar-refractivity contribution in [1.82, 2.24) is 9.97 Å². The van der Waals surface area contributed by atoms with Crippen LogP contribution in [-0.4, -0.2) is 9.97 Å². The van der Waals surface area contributed by atoms with Gasteiger partial charge in [-0.1, -0.05) is 24.3 Å². The first-order valence-corrected chi connectivity index (χ1v) is 16.0. The Hall–Kier alpha value is -8.70. The van der Waals surface area contributed by atoms with Crippen LogP contribution in [0.3, 0.4) is 0 Å². The second-order valence-electron chi connectivity index (χ2n) is 12.2. The van der Waals surface area contributed by atoms with Gasteiger partial charge in [0.05, 0.1) is 56.7 Å². The molecule has 3 aromatic carbocycles. The van der Waals surface area contributed by atoms with Crippen LogP contribution in [0.2, 0.25) is 0 Å². The van der Waals surface area contributed by atoms with Crippen LogP contribution in [-0.2, 0) is 0 Å². The Balaban J connectivity index is 1.70. The van der Waals surface area contributed by atoms with Crippen molar-refractivity contribution in [3.05, 3.63) is 163 Å². The zero-order valence-electron chi connectivity index (χ0n) is 28.4. The molecule has 2 aromatic heterocycles. The van der Waals surface area contributed by atoms with E-state index in [0.29, 0.717) is 0 Å². The van der Waals surface area contributed by atoms with Gasteiger partial charge < -0.3 is 0 Å². The van der Waals surface area contributed by atoms with Gasteiger partial charge in [0, 0.05) is 33.4 Å². The summed E-state index contributed by atoms with van der Waals surface area (Å²) in [5.74, 6) is -16.8. The molecule has 0 saturated heterocycles. The summed E-state index contributed by atoms with van der Waals surface area (Å²) in [5.41, 5.74) is -8.16. The van der Waals surface area contributed by atoms with Crippen molar-refractivity contribution in [3.8, 4) is 36.4 Å². The van der Waals surface area contributed by atoms with E-state index in [-0.39, 0.29) is 66.8 Å². The summed E-state index contributed by atoms with van der Waals surface area (Å²) in [5, 5.41) is 61.1. The summed E-state index contributed by atoms with van der Waals surface area (Å²) in [6, 6.07) is 23.2. The molecule has 2 aliphatic carbocycles. The van der Waals surface area contributed by atoms with Crippen LogP contribution in [0, 0.1) is 115 Å². The van der Waals surface area contributed by atoms with Crippen LogP contribution < -0.4 is 0 Å². The summed E-state index contributed by atoms with van der Waals surface area (Å²) in [7, 11) is 0. The first-order chi connectivity index (χ1) is 27.8. The van der Waals surface area contributed by atoms with Gasteiger partial charge in [0.1, 0.15) is 24.3 Å². The molecule has 2 aliphatic rings. The largest absolute Gasteiger partial charge is 0.252 e. The molecule has 0 radical (unpaired) electrons. The molecule has 0 N–H and O–H groups in total. The third-order valence-corrected chi connectivity index (χ3v) is 9.28. The highest BCUT2D eigenvalue weighted by Gasteiger charge is 2.40. The van der Waals surface area contributed by atoms with Crippen LogP contribution in [0.25, 0.3) is 44.6 Å². The molecule has 5 aromatic rings. The maximum atomic E-state index is 15.4. The highest BCUT2D eigenvalue weighted by molar-refractivity contribution is 6.34. The van der Waals surface area contributed by atoms with E-state index in [0.717, 1.165) is 12.1 Å². The summed E-state index contributed by atoms with van der Waals surface area (Å²) < 4.78 is 120. The number of rotatable bonds is 4. The van der Waals surface area contributed by atoms with Crippen molar-refractivity contribution in [2.24, 2.45) is 0 Å². The Morgan fingerprint density at radius 3 is 0.983 bits per heavy atom. The highest BCUT2D eigenvalue weighted by atomic mass is 19.2. The minimum absolute atomic E-state index is 0.0279. The number of aromatic nitrogens is 2. The quantitative estimate of drug-likeness (QED) is 0.0989. The van der Waals surface area contributed by atoms with Crippen LogP contribution in [0.5, 0.6) is 0 Å². The van der Waals surface area contributed by atoms with Crippen LogP contribution in [0.15, 0.2) is 60.7 Å². The van der Waals surface area contributed by atoms with Gasteiger partial charge >= 0.3 is 0 Å². The fourth-order valence-electron chi connectivity index (χ4n) is 6.85. The van der Waals surface area contributed by atoms with Crippen molar-refractivity contribution in [3.63, 3.8) is 0 Å². The Morgan fingerprint density at radius 1 is 0.414 bits per heavy atom. The number of fused-ring (bicyclic) bond motifs is 2. The molecule has 0 bridgehead atoms. The molecule has 0 fully saturated rings. The number of nitrogens with zero attached hydrogens (tertiary/aromatic N) is 8. The molecule has 7 rings (SSSR count). The van der Waals surface area contributed by atoms with E-state index in [1.165, 1.54) is 48.5 Å². The van der Waals surface area contributed by atoms with Crippen LogP contribution in [0.4, 0.5) is 35.1 Å². The van der Waals surface area contributed by atoms with Gasteiger partial charge in [-0.3, -0.25) is 0 Å². The molecular formula is C42H10F8N8. The van der Waals surface area contributed by atoms with Gasteiger partial charge in [0.15, 0.2) is 23.3 Å². The molecule has 0 atom stereocenters. The average molecular weight is 779 g/mol. The fraction of sp³-hybridized carbons (Fsp3) is 0. The molecule has 8 nitrogen and oxygen atoms in total. The highest BCUT2D eigenvalue weighted by Crippen LogP contribution is 2.56.